The van der Waals surface area contributed by atoms with Crippen LogP contribution in [0.25, 0.3) is 0 Å². The van der Waals surface area contributed by atoms with Crippen molar-refractivity contribution < 1.29 is 9.13 Å². The van der Waals surface area contributed by atoms with Crippen LogP contribution in [0.4, 0.5) is 10.3 Å². The molecule has 0 bridgehead atoms. The lowest BCUT2D eigenvalue weighted by Crippen LogP contribution is -2.01. The molecular formula is C14H16FN3O. The monoisotopic (exact) mass is 261 g/mol. The molecule has 0 atom stereocenters. The highest BCUT2D eigenvalue weighted by molar-refractivity contribution is 5.39. The van der Waals surface area contributed by atoms with E-state index in [1.807, 2.05) is 18.2 Å². The molecule has 0 aliphatic heterocycles. The molecule has 0 fully saturated rings. The van der Waals surface area contributed by atoms with Crippen molar-refractivity contribution >= 4 is 5.95 Å². The lowest BCUT2D eigenvalue weighted by Gasteiger charge is -2.13. The van der Waals surface area contributed by atoms with E-state index in [1.54, 1.807) is 13.1 Å². The average Bonchev–Trinajstić information content (AvgIpc) is 2.41. The number of ether oxygens (including phenoxy) is 1. The fourth-order valence-electron chi connectivity index (χ4n) is 1.70. The summed E-state index contributed by atoms with van der Waals surface area (Å²) in [5.74, 6) is 0.547. The van der Waals surface area contributed by atoms with E-state index >= 15 is 0 Å². The average molecular weight is 261 g/mol. The highest BCUT2D eigenvalue weighted by atomic mass is 19.1. The van der Waals surface area contributed by atoms with Gasteiger partial charge in [0.1, 0.15) is 5.75 Å². The maximum absolute atomic E-state index is 13.6. The Kier molecular flexibility index (Phi) is 3.94. The zero-order valence-corrected chi connectivity index (χ0v) is 11.1. The van der Waals surface area contributed by atoms with Gasteiger partial charge in [-0.15, -0.1) is 0 Å². The minimum Gasteiger partial charge on any atom is -0.436 e. The minimum atomic E-state index is -0.586. The second kappa shape index (κ2) is 5.65. The van der Waals surface area contributed by atoms with E-state index in [4.69, 9.17) is 4.74 Å². The van der Waals surface area contributed by atoms with E-state index in [0.717, 1.165) is 11.8 Å². The van der Waals surface area contributed by atoms with Crippen LogP contribution in [0.15, 0.2) is 30.5 Å². The smallest absolute Gasteiger partial charge is 0.260 e. The molecule has 0 unspecified atom stereocenters. The molecule has 2 aromatic rings. The van der Waals surface area contributed by atoms with Crippen LogP contribution in [0.2, 0.25) is 0 Å². The molecule has 1 aromatic carbocycles. The van der Waals surface area contributed by atoms with Gasteiger partial charge >= 0.3 is 0 Å². The SMILES string of the molecule is CNc1ncc(F)c(Oc2ccccc2C(C)C)n1. The summed E-state index contributed by atoms with van der Waals surface area (Å²) in [6.07, 6.45) is 1.09. The Labute approximate surface area is 111 Å². The summed E-state index contributed by atoms with van der Waals surface area (Å²) >= 11 is 0. The van der Waals surface area contributed by atoms with Crippen LogP contribution in [0.5, 0.6) is 11.6 Å². The predicted molar refractivity (Wildman–Crippen MR) is 72.1 cm³/mol. The number of para-hydroxylation sites is 1. The summed E-state index contributed by atoms with van der Waals surface area (Å²) in [5, 5.41) is 2.75. The fourth-order valence-corrected chi connectivity index (χ4v) is 1.70. The van der Waals surface area contributed by atoms with Gasteiger partial charge in [0.05, 0.1) is 6.20 Å². The maximum Gasteiger partial charge on any atom is 0.260 e. The molecule has 100 valence electrons. The molecule has 4 nitrogen and oxygen atoms in total. The summed E-state index contributed by atoms with van der Waals surface area (Å²) in [7, 11) is 1.67. The van der Waals surface area contributed by atoms with Gasteiger partial charge in [-0.1, -0.05) is 32.0 Å². The van der Waals surface area contributed by atoms with Crippen molar-refractivity contribution in [3.8, 4) is 11.6 Å². The molecule has 1 N–H and O–H groups in total. The van der Waals surface area contributed by atoms with Crippen LogP contribution in [0, 0.1) is 5.82 Å². The Morgan fingerprint density at radius 3 is 2.68 bits per heavy atom. The highest BCUT2D eigenvalue weighted by Crippen LogP contribution is 2.30. The number of benzene rings is 1. The lowest BCUT2D eigenvalue weighted by molar-refractivity contribution is 0.415. The molecule has 0 radical (unpaired) electrons. The van der Waals surface area contributed by atoms with E-state index in [0.29, 0.717) is 11.7 Å². The second-order valence-corrected chi connectivity index (χ2v) is 4.39. The molecule has 0 aliphatic carbocycles. The van der Waals surface area contributed by atoms with Gasteiger partial charge in [-0.25, -0.2) is 4.98 Å². The summed E-state index contributed by atoms with van der Waals surface area (Å²) in [5.41, 5.74) is 1.01. The third kappa shape index (κ3) is 2.99. The lowest BCUT2D eigenvalue weighted by atomic mass is 10.0. The molecule has 0 saturated carbocycles. The molecule has 0 spiro atoms. The zero-order valence-electron chi connectivity index (χ0n) is 11.1. The van der Waals surface area contributed by atoms with Crippen LogP contribution < -0.4 is 10.1 Å². The number of nitrogens with one attached hydrogen (secondary N) is 1. The molecule has 1 aromatic heterocycles. The third-order valence-electron chi connectivity index (χ3n) is 2.68. The van der Waals surface area contributed by atoms with Gasteiger partial charge in [0.15, 0.2) is 0 Å². The van der Waals surface area contributed by atoms with Crippen LogP contribution in [-0.4, -0.2) is 17.0 Å². The maximum atomic E-state index is 13.6. The zero-order chi connectivity index (χ0) is 13.8. The van der Waals surface area contributed by atoms with Crippen molar-refractivity contribution in [3.63, 3.8) is 0 Å². The second-order valence-electron chi connectivity index (χ2n) is 4.39. The molecular weight excluding hydrogens is 245 g/mol. The van der Waals surface area contributed by atoms with Gasteiger partial charge in [0, 0.05) is 7.05 Å². The fraction of sp³-hybridized carbons (Fsp3) is 0.286. The van der Waals surface area contributed by atoms with Gasteiger partial charge in [-0.3, -0.25) is 0 Å². The van der Waals surface area contributed by atoms with Gasteiger partial charge in [0.2, 0.25) is 11.8 Å². The van der Waals surface area contributed by atoms with Gasteiger partial charge < -0.3 is 10.1 Å². The first-order valence-electron chi connectivity index (χ1n) is 6.09. The summed E-state index contributed by atoms with van der Waals surface area (Å²) < 4.78 is 19.2. The number of halogens is 1. The molecule has 0 saturated heterocycles. The van der Waals surface area contributed by atoms with Crippen molar-refractivity contribution in [1.29, 1.82) is 0 Å². The van der Waals surface area contributed by atoms with Crippen LogP contribution in [-0.2, 0) is 0 Å². The molecule has 1 heterocycles. The largest absolute Gasteiger partial charge is 0.436 e. The van der Waals surface area contributed by atoms with E-state index in [2.05, 4.69) is 29.1 Å². The van der Waals surface area contributed by atoms with Gasteiger partial charge in [-0.05, 0) is 17.5 Å². The first-order valence-corrected chi connectivity index (χ1v) is 6.09. The molecule has 0 aliphatic rings. The standard InChI is InChI=1S/C14H16FN3O/c1-9(2)10-6-4-5-7-12(10)19-13-11(15)8-17-14(16-3)18-13/h4-9H,1-3H3,(H,16,17,18). The number of rotatable bonds is 4. The van der Waals surface area contributed by atoms with E-state index in [1.165, 1.54) is 0 Å². The van der Waals surface area contributed by atoms with E-state index < -0.39 is 5.82 Å². The van der Waals surface area contributed by atoms with Crippen molar-refractivity contribution in [2.75, 3.05) is 12.4 Å². The first kappa shape index (κ1) is 13.3. The highest BCUT2D eigenvalue weighted by Gasteiger charge is 2.12. The van der Waals surface area contributed by atoms with Crippen molar-refractivity contribution in [3.05, 3.63) is 41.8 Å². The quantitative estimate of drug-likeness (QED) is 0.914. The molecule has 5 heteroatoms. The topological polar surface area (TPSA) is 47.0 Å². The number of hydrogen-bond donors (Lipinski definition) is 1. The number of aromatic nitrogens is 2. The normalized spacial score (nSPS) is 10.6. The summed E-state index contributed by atoms with van der Waals surface area (Å²) in [4.78, 5) is 7.75. The van der Waals surface area contributed by atoms with Gasteiger partial charge in [0.25, 0.3) is 5.88 Å². The van der Waals surface area contributed by atoms with Crippen molar-refractivity contribution in [2.24, 2.45) is 0 Å². The Morgan fingerprint density at radius 2 is 2.00 bits per heavy atom. The van der Waals surface area contributed by atoms with Crippen molar-refractivity contribution in [2.45, 2.75) is 19.8 Å². The van der Waals surface area contributed by atoms with Crippen molar-refractivity contribution in [1.82, 2.24) is 9.97 Å². The van der Waals surface area contributed by atoms with Crippen LogP contribution in [0.1, 0.15) is 25.3 Å². The van der Waals surface area contributed by atoms with E-state index in [9.17, 15) is 4.39 Å². The number of hydrogen-bond acceptors (Lipinski definition) is 4. The van der Waals surface area contributed by atoms with Crippen LogP contribution >= 0.6 is 0 Å². The Morgan fingerprint density at radius 1 is 1.26 bits per heavy atom. The van der Waals surface area contributed by atoms with Gasteiger partial charge in [-0.2, -0.15) is 9.37 Å². The Bertz CT molecular complexity index is 572. The number of anilines is 1. The van der Waals surface area contributed by atoms with E-state index in [-0.39, 0.29) is 11.8 Å². The van der Waals surface area contributed by atoms with Crippen LogP contribution in [0.3, 0.4) is 0 Å². The molecule has 2 rings (SSSR count). The Hall–Kier alpha value is -2.17. The summed E-state index contributed by atoms with van der Waals surface area (Å²) in [6.45, 7) is 4.11. The summed E-state index contributed by atoms with van der Waals surface area (Å²) in [6, 6.07) is 7.53. The third-order valence-corrected chi connectivity index (χ3v) is 2.68. The Balaban J connectivity index is 2.36. The minimum absolute atomic E-state index is 0.0764. The molecule has 19 heavy (non-hydrogen) atoms. The number of nitrogens with zero attached hydrogens (tertiary/aromatic N) is 2. The first-order chi connectivity index (χ1) is 9.11. The predicted octanol–water partition coefficient (Wildman–Crippen LogP) is 3.57. The molecule has 0 amide bonds.